The van der Waals surface area contributed by atoms with Crippen LogP contribution in [0.1, 0.15) is 18.9 Å². The number of hydrogen-bond acceptors (Lipinski definition) is 4. The van der Waals surface area contributed by atoms with E-state index in [0.717, 1.165) is 0 Å². The van der Waals surface area contributed by atoms with Crippen molar-refractivity contribution < 1.29 is 14.7 Å². The normalized spacial score (nSPS) is 21.8. The second kappa shape index (κ2) is 4.69. The van der Waals surface area contributed by atoms with Gasteiger partial charge >= 0.3 is 6.03 Å². The van der Waals surface area contributed by atoms with E-state index in [2.05, 4.69) is 15.8 Å². The monoisotopic (exact) mass is 262 g/mol. The van der Waals surface area contributed by atoms with Crippen molar-refractivity contribution in [3.63, 3.8) is 0 Å². The van der Waals surface area contributed by atoms with E-state index in [-0.39, 0.29) is 6.42 Å². The first-order valence-electron chi connectivity index (χ1n) is 5.65. The van der Waals surface area contributed by atoms with E-state index < -0.39 is 17.5 Å². The molecule has 100 valence electrons. The molecule has 0 radical (unpaired) electrons. The standard InChI is InChI=1S/C12H14N4O3/c1-7(15-16-11(13)18)6-12(19)8-4-2-3-5-9(8)14-10(12)17/h2-5,19H,6H2,1H3,(H,14,17)(H3,13,16,18). The summed E-state index contributed by atoms with van der Waals surface area (Å²) in [5, 5.41) is 16.8. The highest BCUT2D eigenvalue weighted by Crippen LogP contribution is 2.38. The number of nitrogens with two attached hydrogens (primary N) is 1. The van der Waals surface area contributed by atoms with Crippen molar-refractivity contribution in [1.29, 1.82) is 0 Å². The second-order valence-electron chi connectivity index (χ2n) is 4.36. The summed E-state index contributed by atoms with van der Waals surface area (Å²) >= 11 is 0. The van der Waals surface area contributed by atoms with Crippen LogP contribution in [0.4, 0.5) is 10.5 Å². The number of para-hydroxylation sites is 1. The number of aliphatic hydroxyl groups is 1. The van der Waals surface area contributed by atoms with E-state index in [1.807, 2.05) is 0 Å². The molecule has 1 aromatic carbocycles. The molecule has 0 fully saturated rings. The van der Waals surface area contributed by atoms with Gasteiger partial charge in [0, 0.05) is 23.4 Å². The Hall–Kier alpha value is -2.41. The number of fused-ring (bicyclic) bond motifs is 1. The molecule has 1 unspecified atom stereocenters. The third-order valence-electron chi connectivity index (χ3n) is 2.87. The molecule has 1 aromatic rings. The largest absolute Gasteiger partial charge is 0.375 e. The van der Waals surface area contributed by atoms with E-state index in [4.69, 9.17) is 5.73 Å². The molecule has 1 atom stereocenters. The number of hydrazone groups is 1. The lowest BCUT2D eigenvalue weighted by atomic mass is 9.90. The van der Waals surface area contributed by atoms with Crippen LogP contribution in [-0.4, -0.2) is 22.8 Å². The molecule has 2 rings (SSSR count). The molecule has 0 saturated heterocycles. The van der Waals surface area contributed by atoms with Crippen LogP contribution in [0.3, 0.4) is 0 Å². The van der Waals surface area contributed by atoms with Gasteiger partial charge in [0.25, 0.3) is 5.91 Å². The summed E-state index contributed by atoms with van der Waals surface area (Å²) < 4.78 is 0. The molecule has 0 saturated carbocycles. The summed E-state index contributed by atoms with van der Waals surface area (Å²) in [4.78, 5) is 22.4. The zero-order chi connectivity index (χ0) is 14.0. The van der Waals surface area contributed by atoms with Gasteiger partial charge in [0.15, 0.2) is 5.60 Å². The predicted octanol–water partition coefficient (Wildman–Crippen LogP) is 0.261. The van der Waals surface area contributed by atoms with Gasteiger partial charge < -0.3 is 16.2 Å². The minimum absolute atomic E-state index is 0.0316. The molecule has 7 nitrogen and oxygen atoms in total. The Bertz CT molecular complexity index is 570. The number of amides is 3. The quantitative estimate of drug-likeness (QED) is 0.462. The van der Waals surface area contributed by atoms with E-state index in [1.54, 1.807) is 31.2 Å². The van der Waals surface area contributed by atoms with Crippen LogP contribution in [0.25, 0.3) is 0 Å². The Kier molecular flexibility index (Phi) is 3.22. The van der Waals surface area contributed by atoms with Crippen molar-refractivity contribution in [3.05, 3.63) is 29.8 Å². The Morgan fingerprint density at radius 3 is 2.89 bits per heavy atom. The van der Waals surface area contributed by atoms with Crippen LogP contribution in [0.2, 0.25) is 0 Å². The van der Waals surface area contributed by atoms with Crippen LogP contribution in [0.15, 0.2) is 29.4 Å². The Morgan fingerprint density at radius 1 is 1.53 bits per heavy atom. The first-order chi connectivity index (χ1) is 8.93. The van der Waals surface area contributed by atoms with Crippen molar-refractivity contribution in [2.75, 3.05) is 5.32 Å². The highest BCUT2D eigenvalue weighted by atomic mass is 16.3. The number of primary amides is 1. The molecule has 7 heteroatoms. The summed E-state index contributed by atoms with van der Waals surface area (Å²) in [6, 6.07) is 6.07. The summed E-state index contributed by atoms with van der Waals surface area (Å²) in [6.45, 7) is 1.59. The number of hydrogen-bond donors (Lipinski definition) is 4. The molecule has 3 amide bonds. The summed E-state index contributed by atoms with van der Waals surface area (Å²) in [7, 11) is 0. The SMILES string of the molecule is CC(CC1(O)C(=O)Nc2ccccc21)=NNC(N)=O. The summed E-state index contributed by atoms with van der Waals surface area (Å²) in [6.07, 6.45) is -0.0316. The van der Waals surface area contributed by atoms with Crippen LogP contribution < -0.4 is 16.5 Å². The average molecular weight is 262 g/mol. The third-order valence-corrected chi connectivity index (χ3v) is 2.87. The fourth-order valence-corrected chi connectivity index (χ4v) is 2.04. The van der Waals surface area contributed by atoms with Gasteiger partial charge in [-0.25, -0.2) is 10.2 Å². The fraction of sp³-hybridized carbons (Fsp3) is 0.250. The van der Waals surface area contributed by atoms with E-state index in [1.165, 1.54) is 0 Å². The predicted molar refractivity (Wildman–Crippen MR) is 69.4 cm³/mol. The minimum Gasteiger partial charge on any atom is -0.375 e. The molecule has 1 heterocycles. The third kappa shape index (κ3) is 2.41. The van der Waals surface area contributed by atoms with Crippen molar-refractivity contribution >= 4 is 23.3 Å². The Labute approximate surface area is 109 Å². The highest BCUT2D eigenvalue weighted by Gasteiger charge is 2.45. The van der Waals surface area contributed by atoms with Crippen molar-refractivity contribution in [1.82, 2.24) is 5.43 Å². The van der Waals surface area contributed by atoms with Crippen molar-refractivity contribution in [3.8, 4) is 0 Å². The van der Waals surface area contributed by atoms with Gasteiger partial charge in [0.1, 0.15) is 0 Å². The number of nitrogens with zero attached hydrogens (tertiary/aromatic N) is 1. The number of nitrogens with one attached hydrogen (secondary N) is 2. The molecule has 19 heavy (non-hydrogen) atoms. The highest BCUT2D eigenvalue weighted by molar-refractivity contribution is 6.07. The van der Waals surface area contributed by atoms with E-state index in [9.17, 15) is 14.7 Å². The molecule has 5 N–H and O–H groups in total. The zero-order valence-electron chi connectivity index (χ0n) is 10.3. The molecule has 0 aromatic heterocycles. The van der Waals surface area contributed by atoms with Crippen LogP contribution >= 0.6 is 0 Å². The number of carbonyl (C=O) groups is 2. The molecule has 1 aliphatic heterocycles. The Morgan fingerprint density at radius 2 is 2.21 bits per heavy atom. The van der Waals surface area contributed by atoms with Gasteiger partial charge in [-0.05, 0) is 13.0 Å². The topological polar surface area (TPSA) is 117 Å². The minimum atomic E-state index is -1.68. The van der Waals surface area contributed by atoms with Gasteiger partial charge in [-0.1, -0.05) is 18.2 Å². The maximum absolute atomic E-state index is 11.9. The zero-order valence-corrected chi connectivity index (χ0v) is 10.3. The molecule has 0 bridgehead atoms. The van der Waals surface area contributed by atoms with E-state index >= 15 is 0 Å². The summed E-state index contributed by atoms with van der Waals surface area (Å²) in [5.41, 5.74) is 6.72. The maximum Gasteiger partial charge on any atom is 0.332 e. The van der Waals surface area contributed by atoms with Crippen LogP contribution in [0.5, 0.6) is 0 Å². The number of anilines is 1. The number of benzene rings is 1. The number of rotatable bonds is 3. The average Bonchev–Trinajstić information content (AvgIpc) is 2.60. The second-order valence-corrected chi connectivity index (χ2v) is 4.36. The lowest BCUT2D eigenvalue weighted by Gasteiger charge is -2.20. The number of carbonyl (C=O) groups excluding carboxylic acids is 2. The maximum atomic E-state index is 11.9. The van der Waals surface area contributed by atoms with Crippen molar-refractivity contribution in [2.45, 2.75) is 18.9 Å². The van der Waals surface area contributed by atoms with E-state index in [0.29, 0.717) is 17.0 Å². The fourth-order valence-electron chi connectivity index (χ4n) is 2.04. The lowest BCUT2D eigenvalue weighted by molar-refractivity contribution is -0.132. The smallest absolute Gasteiger partial charge is 0.332 e. The molecular weight excluding hydrogens is 248 g/mol. The van der Waals surface area contributed by atoms with Gasteiger partial charge in [0.2, 0.25) is 0 Å². The first-order valence-corrected chi connectivity index (χ1v) is 5.65. The first kappa shape index (κ1) is 13.0. The molecule has 0 spiro atoms. The van der Waals surface area contributed by atoms with Gasteiger partial charge in [-0.2, -0.15) is 5.10 Å². The van der Waals surface area contributed by atoms with Crippen LogP contribution in [0, 0.1) is 0 Å². The van der Waals surface area contributed by atoms with Crippen LogP contribution in [-0.2, 0) is 10.4 Å². The number of urea groups is 1. The van der Waals surface area contributed by atoms with Crippen molar-refractivity contribution in [2.24, 2.45) is 10.8 Å². The summed E-state index contributed by atoms with van der Waals surface area (Å²) in [5.74, 6) is -0.512. The molecular formula is C12H14N4O3. The molecule has 0 aliphatic carbocycles. The van der Waals surface area contributed by atoms with Gasteiger partial charge in [-0.15, -0.1) is 0 Å². The lowest BCUT2D eigenvalue weighted by Crippen LogP contribution is -2.36. The Balaban J connectivity index is 2.26. The van der Waals surface area contributed by atoms with Gasteiger partial charge in [-0.3, -0.25) is 4.79 Å². The molecule has 1 aliphatic rings. The van der Waals surface area contributed by atoms with Gasteiger partial charge in [0.05, 0.1) is 0 Å².